The first kappa shape index (κ1) is 13.7. The summed E-state index contributed by atoms with van der Waals surface area (Å²) in [5.41, 5.74) is 15.2. The molecule has 3 aliphatic rings. The lowest BCUT2D eigenvalue weighted by Crippen LogP contribution is -2.77. The van der Waals surface area contributed by atoms with Crippen LogP contribution >= 0.6 is 0 Å². The molecule has 10 N–H and O–H groups in total. The number of nitrogens with two attached hydrogens (primary N) is 3. The summed E-state index contributed by atoms with van der Waals surface area (Å²) in [6.07, 6.45) is -0.883. The molecule has 0 aliphatic carbocycles. The number of rotatable bonds is 2. The summed E-state index contributed by atoms with van der Waals surface area (Å²) >= 11 is 0. The quantitative estimate of drug-likeness (QED) is 0.196. The minimum absolute atomic E-state index is 0.0555. The fourth-order valence-electron chi connectivity index (χ4n) is 3.30. The Morgan fingerprint density at radius 1 is 1.52 bits per heavy atom. The van der Waals surface area contributed by atoms with Crippen molar-refractivity contribution in [3.63, 3.8) is 0 Å². The molecule has 0 aromatic heterocycles. The van der Waals surface area contributed by atoms with Gasteiger partial charge >= 0.3 is 12.1 Å². The van der Waals surface area contributed by atoms with Crippen LogP contribution in [0.15, 0.2) is 4.99 Å². The number of ether oxygens (including phenoxy) is 1. The lowest BCUT2D eigenvalue weighted by atomic mass is 9.87. The van der Waals surface area contributed by atoms with Crippen LogP contribution in [-0.2, 0) is 4.74 Å². The molecule has 1 spiro atoms. The van der Waals surface area contributed by atoms with Gasteiger partial charge in [-0.25, -0.2) is 14.4 Å². The van der Waals surface area contributed by atoms with E-state index in [-0.39, 0.29) is 24.9 Å². The third kappa shape index (κ3) is 1.70. The van der Waals surface area contributed by atoms with Gasteiger partial charge in [0.1, 0.15) is 12.6 Å². The highest BCUT2D eigenvalue weighted by Crippen LogP contribution is 2.40. The monoisotopic (exact) mass is 300 g/mol. The van der Waals surface area contributed by atoms with Crippen LogP contribution in [0.3, 0.4) is 0 Å². The van der Waals surface area contributed by atoms with Gasteiger partial charge in [0.2, 0.25) is 11.4 Å². The molecule has 0 aromatic rings. The Labute approximate surface area is 119 Å². The molecule has 0 bridgehead atoms. The smallest absolute Gasteiger partial charge is 0.404 e. The van der Waals surface area contributed by atoms with Gasteiger partial charge in [-0.3, -0.25) is 11.1 Å². The van der Waals surface area contributed by atoms with Crippen molar-refractivity contribution in [1.82, 2.24) is 10.6 Å². The number of hydrogen-bond donors (Lipinski definition) is 7. The van der Waals surface area contributed by atoms with E-state index in [1.165, 1.54) is 0 Å². The van der Waals surface area contributed by atoms with Crippen LogP contribution in [0, 0.1) is 0 Å². The van der Waals surface area contributed by atoms with Crippen LogP contribution in [0.5, 0.6) is 0 Å². The molecule has 1 saturated heterocycles. The average molecular weight is 300 g/mol. The fourth-order valence-corrected chi connectivity index (χ4v) is 3.30. The van der Waals surface area contributed by atoms with Crippen molar-refractivity contribution in [2.45, 2.75) is 30.0 Å². The Hall–Kier alpha value is -2.27. The maximum absolute atomic E-state index is 10.8. The molecule has 3 rings (SSSR count). The van der Waals surface area contributed by atoms with Crippen LogP contribution < -0.4 is 27.8 Å². The number of carbonyl (C=O) groups is 1. The Kier molecular flexibility index (Phi) is 2.68. The zero-order chi connectivity index (χ0) is 15.4. The second-order valence-electron chi connectivity index (χ2n) is 5.33. The third-order valence-electron chi connectivity index (χ3n) is 4.16. The van der Waals surface area contributed by atoms with E-state index >= 15 is 0 Å². The lowest BCUT2D eigenvalue weighted by Gasteiger charge is -2.42. The van der Waals surface area contributed by atoms with Crippen LogP contribution in [0.1, 0.15) is 6.42 Å². The first-order valence-electron chi connectivity index (χ1n) is 6.43. The minimum atomic E-state index is -2.10. The number of amides is 1. The third-order valence-corrected chi connectivity index (χ3v) is 4.16. The predicted octanol–water partition coefficient (Wildman–Crippen LogP) is -4.55. The summed E-state index contributed by atoms with van der Waals surface area (Å²) in [6.45, 7) is 0.173. The normalized spacial score (nSPS) is 36.2. The molecule has 1 amide bonds. The molecule has 11 heteroatoms. The van der Waals surface area contributed by atoms with Crippen molar-refractivity contribution < 1.29 is 24.3 Å². The van der Waals surface area contributed by atoms with E-state index in [1.54, 1.807) is 4.58 Å². The average Bonchev–Trinajstić information content (AvgIpc) is 2.85. The minimum Gasteiger partial charge on any atom is -0.446 e. The lowest BCUT2D eigenvalue weighted by molar-refractivity contribution is -0.623. The second kappa shape index (κ2) is 4.11. The number of aliphatic hydroxyl groups is 2. The summed E-state index contributed by atoms with van der Waals surface area (Å²) < 4.78 is 6.35. The Morgan fingerprint density at radius 2 is 2.24 bits per heavy atom. The molecular weight excluding hydrogens is 282 g/mol. The van der Waals surface area contributed by atoms with Crippen molar-refractivity contribution in [2.24, 2.45) is 22.2 Å². The summed E-state index contributed by atoms with van der Waals surface area (Å²) in [4.78, 5) is 15.0. The molecule has 0 saturated carbocycles. The standard InChI is InChI=1S/C10H17N7O4/c11-6-15-5-4(3-21-8(13)18)14-7(12)17-2-1-9(19,20)10(5,17)16-6/h4-5,19-20H,1-3H2,(H7,11,12,13,14,15,16,18)/p+1/t4-,5?,10?/m0/s1. The topological polar surface area (TPSA) is 184 Å². The summed E-state index contributed by atoms with van der Waals surface area (Å²) in [6, 6.07) is -1.32. The Bertz CT molecular complexity index is 560. The van der Waals surface area contributed by atoms with E-state index in [9.17, 15) is 15.0 Å². The van der Waals surface area contributed by atoms with E-state index in [4.69, 9.17) is 21.9 Å². The number of guanidine groups is 2. The fraction of sp³-hybridized carbons (Fsp3) is 0.700. The van der Waals surface area contributed by atoms with Gasteiger partial charge in [-0.05, 0) is 0 Å². The molecule has 11 nitrogen and oxygen atoms in total. The number of aliphatic imine (C=N–C) groups is 1. The molecule has 0 aromatic carbocycles. The maximum atomic E-state index is 10.8. The summed E-state index contributed by atoms with van der Waals surface area (Å²) in [7, 11) is 0. The maximum Gasteiger partial charge on any atom is 0.404 e. The number of primary amides is 1. The highest BCUT2D eigenvalue weighted by Gasteiger charge is 2.71. The first-order valence-corrected chi connectivity index (χ1v) is 6.43. The van der Waals surface area contributed by atoms with Crippen molar-refractivity contribution in [3.05, 3.63) is 0 Å². The van der Waals surface area contributed by atoms with Crippen LogP contribution in [-0.4, -0.2) is 69.5 Å². The molecule has 3 atom stereocenters. The van der Waals surface area contributed by atoms with Crippen molar-refractivity contribution in [3.8, 4) is 0 Å². The van der Waals surface area contributed by atoms with Gasteiger partial charge in [-0.15, -0.1) is 0 Å². The molecule has 3 heterocycles. The van der Waals surface area contributed by atoms with Crippen molar-refractivity contribution in [1.29, 1.82) is 0 Å². The number of carbonyl (C=O) groups excluding carboxylic acids is 1. The van der Waals surface area contributed by atoms with Gasteiger partial charge in [0, 0.05) is 6.42 Å². The SMILES string of the molecule is NC(=O)OC[C@@H]1NC(N)=[N+]2CCC(O)(O)C23NC(N)=NC13. The van der Waals surface area contributed by atoms with E-state index in [2.05, 4.69) is 15.6 Å². The molecule has 116 valence electrons. The van der Waals surface area contributed by atoms with Crippen LogP contribution in [0.2, 0.25) is 0 Å². The van der Waals surface area contributed by atoms with Crippen molar-refractivity contribution >= 4 is 18.0 Å². The van der Waals surface area contributed by atoms with Gasteiger partial charge in [-0.1, -0.05) is 0 Å². The second-order valence-corrected chi connectivity index (χ2v) is 5.33. The van der Waals surface area contributed by atoms with Gasteiger partial charge in [0.25, 0.3) is 0 Å². The molecule has 2 unspecified atom stereocenters. The summed E-state index contributed by atoms with van der Waals surface area (Å²) in [5, 5.41) is 26.5. The molecule has 3 aliphatic heterocycles. The number of hydrogen-bond acceptors (Lipinski definition) is 9. The van der Waals surface area contributed by atoms with E-state index < -0.39 is 29.6 Å². The largest absolute Gasteiger partial charge is 0.446 e. The predicted molar refractivity (Wildman–Crippen MR) is 69.8 cm³/mol. The summed E-state index contributed by atoms with van der Waals surface area (Å²) in [5.74, 6) is -1.83. The van der Waals surface area contributed by atoms with Crippen LogP contribution in [0.25, 0.3) is 0 Å². The van der Waals surface area contributed by atoms with E-state index in [0.29, 0.717) is 6.54 Å². The molecule has 1 fully saturated rings. The first-order chi connectivity index (χ1) is 9.78. The Balaban J connectivity index is 2.02. The van der Waals surface area contributed by atoms with Crippen molar-refractivity contribution in [2.75, 3.05) is 13.2 Å². The zero-order valence-electron chi connectivity index (χ0n) is 11.1. The van der Waals surface area contributed by atoms with Crippen LogP contribution in [0.4, 0.5) is 4.79 Å². The van der Waals surface area contributed by atoms with Gasteiger partial charge in [0.05, 0.1) is 6.54 Å². The number of nitrogens with one attached hydrogen (secondary N) is 2. The van der Waals surface area contributed by atoms with Gasteiger partial charge in [0.15, 0.2) is 12.0 Å². The zero-order valence-corrected chi connectivity index (χ0v) is 11.1. The molecular formula is C10H18N7O4+. The highest BCUT2D eigenvalue weighted by molar-refractivity contribution is 5.83. The van der Waals surface area contributed by atoms with E-state index in [1.807, 2.05) is 0 Å². The van der Waals surface area contributed by atoms with E-state index in [0.717, 1.165) is 0 Å². The highest BCUT2D eigenvalue weighted by atomic mass is 16.5. The molecule has 21 heavy (non-hydrogen) atoms. The Morgan fingerprint density at radius 3 is 2.90 bits per heavy atom. The van der Waals surface area contributed by atoms with Gasteiger partial charge < -0.3 is 31.7 Å². The molecule has 0 radical (unpaired) electrons. The van der Waals surface area contributed by atoms with Gasteiger partial charge in [-0.2, -0.15) is 0 Å². The number of nitrogens with zero attached hydrogens (tertiary/aromatic N) is 2.